The molecule has 17 heavy (non-hydrogen) atoms. The van der Waals surface area contributed by atoms with Crippen LogP contribution >= 0.6 is 11.6 Å². The molecule has 5 heteroatoms. The second-order valence-electron chi connectivity index (χ2n) is 4.26. The molecule has 0 spiro atoms. The molecule has 0 bridgehead atoms. The SMILES string of the molecule is COc1cc(OC)nc(C(C(C)C)C(C)Cl)n1. The van der Waals surface area contributed by atoms with Crippen LogP contribution in [0.25, 0.3) is 0 Å². The summed E-state index contributed by atoms with van der Waals surface area (Å²) in [5, 5.41) is -0.0492. The van der Waals surface area contributed by atoms with E-state index in [1.807, 2.05) is 6.92 Å². The second kappa shape index (κ2) is 6.05. The van der Waals surface area contributed by atoms with Gasteiger partial charge in [0, 0.05) is 11.3 Å². The Labute approximate surface area is 107 Å². The average molecular weight is 259 g/mol. The van der Waals surface area contributed by atoms with Crippen LogP contribution in [-0.2, 0) is 0 Å². The lowest BCUT2D eigenvalue weighted by Crippen LogP contribution is -2.19. The third-order valence-corrected chi connectivity index (χ3v) is 2.90. The first-order valence-corrected chi connectivity index (χ1v) is 6.04. The van der Waals surface area contributed by atoms with Gasteiger partial charge in [-0.05, 0) is 12.8 Å². The van der Waals surface area contributed by atoms with E-state index in [0.29, 0.717) is 23.5 Å². The highest BCUT2D eigenvalue weighted by Crippen LogP contribution is 2.31. The van der Waals surface area contributed by atoms with Gasteiger partial charge in [0.15, 0.2) is 0 Å². The summed E-state index contributed by atoms with van der Waals surface area (Å²) < 4.78 is 10.3. The van der Waals surface area contributed by atoms with Crippen LogP contribution in [0.3, 0.4) is 0 Å². The van der Waals surface area contributed by atoms with E-state index < -0.39 is 0 Å². The molecule has 0 saturated carbocycles. The summed E-state index contributed by atoms with van der Waals surface area (Å²) in [6.45, 7) is 6.14. The van der Waals surface area contributed by atoms with E-state index in [9.17, 15) is 0 Å². The van der Waals surface area contributed by atoms with E-state index in [-0.39, 0.29) is 11.3 Å². The molecule has 0 saturated heterocycles. The fraction of sp³-hybridized carbons (Fsp3) is 0.667. The van der Waals surface area contributed by atoms with Gasteiger partial charge in [-0.25, -0.2) is 0 Å². The Morgan fingerprint density at radius 1 is 1.06 bits per heavy atom. The number of aromatic nitrogens is 2. The van der Waals surface area contributed by atoms with Crippen molar-refractivity contribution in [3.8, 4) is 11.8 Å². The maximum absolute atomic E-state index is 6.20. The number of rotatable bonds is 5. The first-order valence-electron chi connectivity index (χ1n) is 5.60. The van der Waals surface area contributed by atoms with Crippen LogP contribution in [-0.4, -0.2) is 29.6 Å². The summed E-state index contributed by atoms with van der Waals surface area (Å²) in [7, 11) is 3.14. The van der Waals surface area contributed by atoms with Crippen molar-refractivity contribution < 1.29 is 9.47 Å². The van der Waals surface area contributed by atoms with Gasteiger partial charge in [-0.2, -0.15) is 9.97 Å². The molecule has 0 aliphatic carbocycles. The molecule has 4 nitrogen and oxygen atoms in total. The molecular formula is C12H19ClN2O2. The Balaban J connectivity index is 3.17. The third kappa shape index (κ3) is 3.46. The molecule has 1 aromatic rings. The summed E-state index contributed by atoms with van der Waals surface area (Å²) in [6.07, 6.45) is 0. The molecule has 1 aromatic heterocycles. The quantitative estimate of drug-likeness (QED) is 0.762. The predicted molar refractivity (Wildman–Crippen MR) is 68.0 cm³/mol. The largest absolute Gasteiger partial charge is 0.481 e. The minimum absolute atomic E-state index is 0.0492. The van der Waals surface area contributed by atoms with Crippen molar-refractivity contribution in [3.63, 3.8) is 0 Å². The van der Waals surface area contributed by atoms with Crippen LogP contribution in [0.5, 0.6) is 11.8 Å². The zero-order valence-electron chi connectivity index (χ0n) is 10.9. The van der Waals surface area contributed by atoms with Crippen LogP contribution < -0.4 is 9.47 Å². The lowest BCUT2D eigenvalue weighted by molar-refractivity contribution is 0.359. The second-order valence-corrected chi connectivity index (χ2v) is 4.95. The maximum Gasteiger partial charge on any atom is 0.220 e. The molecule has 96 valence electrons. The smallest absolute Gasteiger partial charge is 0.220 e. The predicted octanol–water partition coefficient (Wildman–Crippen LogP) is 2.86. The van der Waals surface area contributed by atoms with Gasteiger partial charge in [-0.15, -0.1) is 11.6 Å². The topological polar surface area (TPSA) is 44.2 Å². The number of hydrogen-bond acceptors (Lipinski definition) is 4. The van der Waals surface area contributed by atoms with Crippen molar-refractivity contribution in [2.75, 3.05) is 14.2 Å². The Morgan fingerprint density at radius 2 is 1.53 bits per heavy atom. The Bertz CT molecular complexity index is 339. The van der Waals surface area contributed by atoms with Crippen molar-refractivity contribution in [3.05, 3.63) is 11.9 Å². The van der Waals surface area contributed by atoms with Gasteiger partial charge >= 0.3 is 0 Å². The fourth-order valence-corrected chi connectivity index (χ4v) is 2.22. The van der Waals surface area contributed by atoms with Crippen LogP contribution in [0, 0.1) is 5.92 Å². The highest BCUT2D eigenvalue weighted by atomic mass is 35.5. The zero-order valence-corrected chi connectivity index (χ0v) is 11.7. The van der Waals surface area contributed by atoms with Crippen LogP contribution in [0.2, 0.25) is 0 Å². The summed E-state index contributed by atoms with van der Waals surface area (Å²) in [5.74, 6) is 2.07. The zero-order chi connectivity index (χ0) is 13.0. The van der Waals surface area contributed by atoms with Crippen molar-refractivity contribution in [1.29, 1.82) is 0 Å². The molecule has 0 aliphatic heterocycles. The van der Waals surface area contributed by atoms with E-state index in [1.54, 1.807) is 20.3 Å². The summed E-state index contributed by atoms with van der Waals surface area (Å²) in [6, 6.07) is 1.65. The van der Waals surface area contributed by atoms with Crippen molar-refractivity contribution >= 4 is 11.6 Å². The number of alkyl halides is 1. The molecule has 2 unspecified atom stereocenters. The number of nitrogens with zero attached hydrogens (tertiary/aromatic N) is 2. The van der Waals surface area contributed by atoms with E-state index >= 15 is 0 Å². The molecule has 0 aromatic carbocycles. The number of methoxy groups -OCH3 is 2. The Kier molecular flexibility index (Phi) is 5.00. The summed E-state index contributed by atoms with van der Waals surface area (Å²) in [4.78, 5) is 8.69. The van der Waals surface area contributed by atoms with Gasteiger partial charge < -0.3 is 9.47 Å². The van der Waals surface area contributed by atoms with Crippen molar-refractivity contribution in [1.82, 2.24) is 9.97 Å². The molecular weight excluding hydrogens is 240 g/mol. The van der Waals surface area contributed by atoms with Crippen LogP contribution in [0.1, 0.15) is 32.5 Å². The normalized spacial score (nSPS) is 14.5. The van der Waals surface area contributed by atoms with E-state index in [2.05, 4.69) is 23.8 Å². The lowest BCUT2D eigenvalue weighted by Gasteiger charge is -2.22. The monoisotopic (exact) mass is 258 g/mol. The lowest BCUT2D eigenvalue weighted by atomic mass is 9.92. The van der Waals surface area contributed by atoms with E-state index in [1.165, 1.54) is 0 Å². The molecule has 1 rings (SSSR count). The van der Waals surface area contributed by atoms with Crippen molar-refractivity contribution in [2.24, 2.45) is 5.92 Å². The van der Waals surface area contributed by atoms with Gasteiger partial charge in [0.2, 0.25) is 11.8 Å². The van der Waals surface area contributed by atoms with E-state index in [0.717, 1.165) is 0 Å². The highest BCUT2D eigenvalue weighted by Gasteiger charge is 2.25. The molecule has 0 aliphatic rings. The minimum Gasteiger partial charge on any atom is -0.481 e. The van der Waals surface area contributed by atoms with Gasteiger partial charge in [0.1, 0.15) is 5.82 Å². The number of hydrogen-bond donors (Lipinski definition) is 0. The van der Waals surface area contributed by atoms with Gasteiger partial charge in [-0.1, -0.05) is 13.8 Å². The Morgan fingerprint density at radius 3 is 1.82 bits per heavy atom. The van der Waals surface area contributed by atoms with Gasteiger partial charge in [0.25, 0.3) is 0 Å². The molecule has 0 radical (unpaired) electrons. The third-order valence-electron chi connectivity index (χ3n) is 2.63. The van der Waals surface area contributed by atoms with Crippen LogP contribution in [0.4, 0.5) is 0 Å². The Hall–Kier alpha value is -1.03. The molecule has 1 heterocycles. The maximum atomic E-state index is 6.20. The number of ether oxygens (including phenoxy) is 2. The van der Waals surface area contributed by atoms with Gasteiger partial charge in [0.05, 0.1) is 20.3 Å². The first kappa shape index (κ1) is 14.0. The van der Waals surface area contributed by atoms with Gasteiger partial charge in [-0.3, -0.25) is 0 Å². The molecule has 0 amide bonds. The van der Waals surface area contributed by atoms with Crippen LogP contribution in [0.15, 0.2) is 6.07 Å². The fourth-order valence-electron chi connectivity index (χ4n) is 1.81. The molecule has 0 fully saturated rings. The first-order chi connectivity index (χ1) is 7.99. The average Bonchev–Trinajstić information content (AvgIpc) is 2.27. The number of halogens is 1. The highest BCUT2D eigenvalue weighted by molar-refractivity contribution is 6.20. The van der Waals surface area contributed by atoms with Crippen molar-refractivity contribution in [2.45, 2.75) is 32.1 Å². The standard InChI is InChI=1S/C12H19ClN2O2/c1-7(2)11(8(3)13)12-14-9(16-4)6-10(15-12)17-5/h6-8,11H,1-5H3. The molecule has 0 N–H and O–H groups in total. The summed E-state index contributed by atoms with van der Waals surface area (Å²) >= 11 is 6.20. The van der Waals surface area contributed by atoms with E-state index in [4.69, 9.17) is 21.1 Å². The minimum atomic E-state index is -0.0492. The summed E-state index contributed by atoms with van der Waals surface area (Å²) in [5.41, 5.74) is 0. The molecule has 2 atom stereocenters.